The largest absolute Gasteiger partial charge is 0.507 e. The van der Waals surface area contributed by atoms with E-state index in [4.69, 9.17) is 0 Å². The average molecular weight is 1040 g/mol. The molecule has 8 nitrogen and oxygen atoms in total. The van der Waals surface area contributed by atoms with Crippen molar-refractivity contribution in [2.45, 2.75) is 0 Å². The van der Waals surface area contributed by atoms with Gasteiger partial charge in [0.05, 0.1) is 0 Å². The van der Waals surface area contributed by atoms with E-state index in [1.807, 2.05) is 194 Å². The maximum Gasteiger partial charge on any atom is 0.124 e. The molecule has 0 fully saturated rings. The zero-order valence-corrected chi connectivity index (χ0v) is 42.7. The van der Waals surface area contributed by atoms with Crippen molar-refractivity contribution in [2.75, 3.05) is 0 Å². The topological polar surface area (TPSA) is 162 Å². The average Bonchev–Trinajstić information content (AvgIpc) is 3.53. The second-order valence-corrected chi connectivity index (χ2v) is 20.2. The molecule has 0 aromatic heterocycles. The summed E-state index contributed by atoms with van der Waals surface area (Å²) in [4.78, 5) is 0. The molecule has 0 saturated carbocycles. The van der Waals surface area contributed by atoms with Gasteiger partial charge in [0.2, 0.25) is 0 Å². The SMILES string of the molecule is Oc1cc2c(O)cc1=c1ccc(cc1)=c1ccc(cc1)=c1cc(O)c(cc1O)=c1ccc(cc1)=c1ccc(cc1)=c1cc(O)c(cc1O)=c1ccc(cc1)=c1ccc(cc1)=c1cc(O)c(cc1O)=c1ccc(cc1)=c1ccc=2cc1. The summed E-state index contributed by atoms with van der Waals surface area (Å²) in [6.07, 6.45) is 0. The van der Waals surface area contributed by atoms with E-state index >= 15 is 0 Å². The van der Waals surface area contributed by atoms with E-state index < -0.39 is 0 Å². The van der Waals surface area contributed by atoms with Crippen molar-refractivity contribution in [3.8, 4) is 46.0 Å². The summed E-state index contributed by atoms with van der Waals surface area (Å²) in [5.74, 6) is 0.126. The van der Waals surface area contributed by atoms with Crippen molar-refractivity contribution in [1.82, 2.24) is 0 Å². The number of aromatic hydroxyl groups is 8. The minimum Gasteiger partial charge on any atom is -0.507 e. The van der Waals surface area contributed by atoms with Crippen LogP contribution in [0.2, 0.25) is 0 Å². The molecule has 46 rings (SSSR count). The zero-order chi connectivity index (χ0) is 54.8. The lowest BCUT2D eigenvalue weighted by Crippen LogP contribution is -1.83. The van der Waals surface area contributed by atoms with Gasteiger partial charge >= 0.3 is 0 Å². The first-order valence-electron chi connectivity index (χ1n) is 26.0. The molecule has 0 saturated heterocycles. The van der Waals surface area contributed by atoms with Crippen LogP contribution in [-0.4, -0.2) is 40.9 Å². The smallest absolute Gasteiger partial charge is 0.124 e. The number of hydrogen-bond acceptors (Lipinski definition) is 8. The highest BCUT2D eigenvalue weighted by Crippen LogP contribution is 2.27. The molecule has 384 valence electrons. The molecule has 0 atom stereocenters. The summed E-state index contributed by atoms with van der Waals surface area (Å²) in [5, 5.41) is 107. The Labute approximate surface area is 452 Å². The molecule has 80 heavy (non-hydrogen) atoms. The monoisotopic (exact) mass is 1040 g/mol. The minimum absolute atomic E-state index is 0.0157. The Kier molecular flexibility index (Phi) is 11.9. The standard InChI is InChI=1S/C72H48O8/c73-65-34-58-51-21-5-43(6-22-51)44-9-25-53(26-10-44)61-37-70(78)62(38-69(61)77)55-29-13-47(14-30-55)48-15-31-56(32-16-48)64-40-71(79)63(39-72(64)80)54-27-11-46(12-28-54)45-7-23-52(24-8-45)60-36-67(75)59(35-68(60)76)50-19-3-42(4-20-50)41-1-17-49(18-2-41)57(65)33-66(58)74/h1-40,73-80H. The second-order valence-electron chi connectivity index (χ2n) is 20.2. The van der Waals surface area contributed by atoms with Crippen molar-refractivity contribution in [3.63, 3.8) is 0 Å². The lowest BCUT2D eigenvalue weighted by Gasteiger charge is -2.01. The predicted octanol–water partition coefficient (Wildman–Crippen LogP) is 13.1. The van der Waals surface area contributed by atoms with Crippen molar-refractivity contribution in [1.29, 1.82) is 0 Å². The van der Waals surface area contributed by atoms with Gasteiger partial charge in [-0.1, -0.05) is 194 Å². The Balaban J connectivity index is 0.986. The van der Waals surface area contributed by atoms with E-state index in [-0.39, 0.29) is 46.0 Å². The van der Waals surface area contributed by atoms with Crippen LogP contribution in [0.3, 0.4) is 0 Å². The highest BCUT2D eigenvalue weighted by molar-refractivity contribution is 5.42. The molecule has 12 aromatic carbocycles. The third-order valence-corrected chi connectivity index (χ3v) is 15.4. The molecule has 0 heterocycles. The molecule has 0 spiro atoms. The molecular weight excluding hydrogens is 993 g/mol. The van der Waals surface area contributed by atoms with E-state index in [2.05, 4.69) is 0 Å². The molecule has 0 unspecified atom stereocenters. The molecule has 12 aromatic rings. The van der Waals surface area contributed by atoms with Gasteiger partial charge in [0, 0.05) is 41.7 Å². The number of phenolic OH excluding ortho intramolecular Hbond substituents is 8. The molecule has 0 radical (unpaired) electrons. The van der Waals surface area contributed by atoms with Gasteiger partial charge in [0.1, 0.15) is 46.0 Å². The molecule has 0 aliphatic heterocycles. The van der Waals surface area contributed by atoms with Crippen LogP contribution >= 0.6 is 0 Å². The second kappa shape index (κ2) is 19.6. The van der Waals surface area contributed by atoms with Crippen molar-refractivity contribution >= 4 is 0 Å². The molecule has 34 aliphatic rings. The first-order valence-corrected chi connectivity index (χ1v) is 26.0. The maximum atomic E-state index is 11.3. The Bertz CT molecular complexity index is 4650. The molecule has 8 N–H and O–H groups in total. The number of rotatable bonds is 0. The summed E-state index contributed by atoms with van der Waals surface area (Å²) in [6, 6.07) is 73.9. The predicted molar refractivity (Wildman–Crippen MR) is 303 cm³/mol. The van der Waals surface area contributed by atoms with Crippen LogP contribution < -0.4 is 0 Å². The minimum atomic E-state index is 0.0157. The van der Waals surface area contributed by atoms with Crippen molar-refractivity contribution < 1.29 is 40.9 Å². The van der Waals surface area contributed by atoms with Crippen LogP contribution in [0, 0.1) is 125 Å². The summed E-state index contributed by atoms with van der Waals surface area (Å²) in [5.41, 5.74) is 0. The van der Waals surface area contributed by atoms with E-state index in [9.17, 15) is 40.9 Å². The van der Waals surface area contributed by atoms with Gasteiger partial charge in [-0.05, 0) is 132 Å². The molecule has 8 heteroatoms. The first-order chi connectivity index (χ1) is 38.9. The molecular formula is C72H48O8. The van der Waals surface area contributed by atoms with E-state index in [1.165, 1.54) is 0 Å². The van der Waals surface area contributed by atoms with Gasteiger partial charge in [-0.25, -0.2) is 0 Å². The summed E-state index contributed by atoms with van der Waals surface area (Å²) >= 11 is 0. The normalized spacial score (nSPS) is 11.4. The summed E-state index contributed by atoms with van der Waals surface area (Å²) in [7, 11) is 0. The Morgan fingerprint density at radius 1 is 0.113 bits per heavy atom. The fourth-order valence-corrected chi connectivity index (χ4v) is 10.9. The van der Waals surface area contributed by atoms with Crippen LogP contribution in [0.25, 0.3) is 0 Å². The van der Waals surface area contributed by atoms with Gasteiger partial charge in [0.15, 0.2) is 0 Å². The van der Waals surface area contributed by atoms with Crippen LogP contribution in [0.1, 0.15) is 0 Å². The third-order valence-electron chi connectivity index (χ3n) is 15.4. The van der Waals surface area contributed by atoms with Gasteiger partial charge in [0.25, 0.3) is 0 Å². The zero-order valence-electron chi connectivity index (χ0n) is 42.7. The van der Waals surface area contributed by atoms with Gasteiger partial charge in [-0.2, -0.15) is 0 Å². The Morgan fingerprint density at radius 2 is 0.188 bits per heavy atom. The number of hydrogen-bond donors (Lipinski definition) is 8. The Hall–Kier alpha value is -11.0. The van der Waals surface area contributed by atoms with E-state index in [1.54, 1.807) is 48.5 Å². The van der Waals surface area contributed by atoms with Crippen LogP contribution in [-0.2, 0) is 0 Å². The van der Waals surface area contributed by atoms with E-state index in [0.29, 0.717) is 41.7 Å². The van der Waals surface area contributed by atoms with Crippen LogP contribution in [0.5, 0.6) is 46.0 Å². The Morgan fingerprint density at radius 3 is 0.275 bits per heavy atom. The summed E-state index contributed by atoms with van der Waals surface area (Å²) in [6.45, 7) is 0. The van der Waals surface area contributed by atoms with E-state index in [0.717, 1.165) is 83.5 Å². The molecule has 34 aliphatic carbocycles. The van der Waals surface area contributed by atoms with Gasteiger partial charge in [-0.15, -0.1) is 0 Å². The first kappa shape index (κ1) is 48.7. The van der Waals surface area contributed by atoms with Gasteiger partial charge in [-0.3, -0.25) is 0 Å². The molecule has 24 bridgehead atoms. The van der Waals surface area contributed by atoms with Crippen LogP contribution in [0.15, 0.2) is 243 Å². The highest BCUT2D eigenvalue weighted by Gasteiger charge is 2.06. The third kappa shape index (κ3) is 8.92. The lowest BCUT2D eigenvalue weighted by atomic mass is 10.1. The highest BCUT2D eigenvalue weighted by atomic mass is 16.3. The quantitative estimate of drug-likeness (QED) is 0.0697. The fourth-order valence-electron chi connectivity index (χ4n) is 10.9. The fraction of sp³-hybridized carbons (Fsp3) is 0. The van der Waals surface area contributed by atoms with Crippen molar-refractivity contribution in [3.05, 3.63) is 368 Å². The van der Waals surface area contributed by atoms with Gasteiger partial charge < -0.3 is 40.9 Å². The van der Waals surface area contributed by atoms with Crippen molar-refractivity contribution in [2.24, 2.45) is 0 Å². The lowest BCUT2D eigenvalue weighted by molar-refractivity contribution is 0.453. The number of benzene rings is 12. The number of phenols is 8. The summed E-state index contributed by atoms with van der Waals surface area (Å²) < 4.78 is 0. The molecule has 0 amide bonds. The maximum absolute atomic E-state index is 11.3. The van der Waals surface area contributed by atoms with Crippen LogP contribution in [0.4, 0.5) is 0 Å².